The molecule has 3 heteroatoms. The van der Waals surface area contributed by atoms with Crippen molar-refractivity contribution in [3.63, 3.8) is 0 Å². The van der Waals surface area contributed by atoms with E-state index < -0.39 is 0 Å². The molecule has 30 heavy (non-hydrogen) atoms. The molecule has 0 fully saturated rings. The number of hydrogen-bond donors (Lipinski definition) is 1. The zero-order valence-corrected chi connectivity index (χ0v) is 17.5. The molecule has 3 nitrogen and oxygen atoms in total. The maximum Gasteiger partial charge on any atom is 0.228 e. The Kier molecular flexibility index (Phi) is 4.82. The number of amides is 1. The van der Waals surface area contributed by atoms with E-state index in [1.54, 1.807) is 7.11 Å². The number of rotatable bonds is 5. The molecule has 0 spiro atoms. The number of anilines is 1. The smallest absolute Gasteiger partial charge is 0.228 e. The molecule has 0 unspecified atom stereocenters. The van der Waals surface area contributed by atoms with Crippen LogP contribution < -0.4 is 10.1 Å². The largest absolute Gasteiger partial charge is 0.495 e. The lowest BCUT2D eigenvalue weighted by Gasteiger charge is -2.50. The molecule has 152 valence electrons. The van der Waals surface area contributed by atoms with Crippen molar-refractivity contribution in [3.8, 4) is 5.75 Å². The van der Waals surface area contributed by atoms with E-state index in [0.29, 0.717) is 11.7 Å². The minimum absolute atomic E-state index is 0.0913. The Morgan fingerprint density at radius 2 is 1.37 bits per heavy atom. The van der Waals surface area contributed by atoms with Gasteiger partial charge >= 0.3 is 0 Å². The van der Waals surface area contributed by atoms with Gasteiger partial charge in [-0.15, -0.1) is 0 Å². The van der Waals surface area contributed by atoms with E-state index in [0.717, 1.165) is 18.5 Å². The van der Waals surface area contributed by atoms with Crippen molar-refractivity contribution in [2.75, 3.05) is 12.4 Å². The van der Waals surface area contributed by atoms with Crippen LogP contribution in [0.5, 0.6) is 5.75 Å². The standard InChI is InChI=1S/C27H27NO2/c1-3-10-21-24-17-11-4-6-13-19(17)25(20-14-7-5-12-18(20)24)26(21)27(29)28-22-15-8-9-16-23(22)30-2/h4-9,11-16,21,24-26H,3,10H2,1-2H3,(H,28,29)/t21-,24?,25?,26-/m0/s1. The van der Waals surface area contributed by atoms with E-state index in [9.17, 15) is 4.79 Å². The number of fused-ring (bicyclic) bond motifs is 1. The SMILES string of the molecule is CCC[C@H]1C2c3ccccc3C(c3ccccc32)[C@H]1C(=O)Nc1ccccc1OC. The summed E-state index contributed by atoms with van der Waals surface area (Å²) in [5, 5.41) is 3.20. The minimum Gasteiger partial charge on any atom is -0.495 e. The Morgan fingerprint density at radius 3 is 1.93 bits per heavy atom. The van der Waals surface area contributed by atoms with Crippen LogP contribution in [-0.2, 0) is 4.79 Å². The maximum atomic E-state index is 13.8. The van der Waals surface area contributed by atoms with Gasteiger partial charge in [-0.25, -0.2) is 0 Å². The summed E-state index contributed by atoms with van der Waals surface area (Å²) in [6.07, 6.45) is 2.10. The normalized spacial score (nSPS) is 23.4. The summed E-state index contributed by atoms with van der Waals surface area (Å²) in [5.74, 6) is 1.35. The van der Waals surface area contributed by atoms with Crippen LogP contribution in [0, 0.1) is 11.8 Å². The van der Waals surface area contributed by atoms with Gasteiger partial charge in [0.1, 0.15) is 5.75 Å². The zero-order chi connectivity index (χ0) is 20.7. The first kappa shape index (κ1) is 18.9. The first-order valence-electron chi connectivity index (χ1n) is 10.9. The summed E-state index contributed by atoms with van der Waals surface area (Å²) in [7, 11) is 1.64. The van der Waals surface area contributed by atoms with Crippen LogP contribution in [0.4, 0.5) is 5.69 Å². The fourth-order valence-corrected chi connectivity index (χ4v) is 5.78. The molecule has 0 heterocycles. The van der Waals surface area contributed by atoms with Crippen LogP contribution in [-0.4, -0.2) is 13.0 Å². The van der Waals surface area contributed by atoms with Gasteiger partial charge in [0, 0.05) is 11.8 Å². The molecule has 0 saturated carbocycles. The lowest BCUT2D eigenvalue weighted by molar-refractivity contribution is -0.123. The Labute approximate surface area is 178 Å². The molecule has 1 N–H and O–H groups in total. The summed E-state index contributed by atoms with van der Waals surface area (Å²) in [5.41, 5.74) is 6.17. The number of hydrogen-bond acceptors (Lipinski definition) is 2. The Hall–Kier alpha value is -3.07. The van der Waals surface area contributed by atoms with Crippen LogP contribution >= 0.6 is 0 Å². The van der Waals surface area contributed by atoms with Crippen LogP contribution in [0.3, 0.4) is 0 Å². The average molecular weight is 398 g/mol. The second kappa shape index (κ2) is 7.64. The number of carbonyl (C=O) groups excluding carboxylic acids is 1. The highest BCUT2D eigenvalue weighted by Gasteiger charge is 2.51. The molecule has 0 saturated heterocycles. The van der Waals surface area contributed by atoms with Crippen molar-refractivity contribution in [3.05, 3.63) is 95.1 Å². The number of carbonyl (C=O) groups is 1. The number of para-hydroxylation sites is 2. The topological polar surface area (TPSA) is 38.3 Å². The average Bonchev–Trinajstić information content (AvgIpc) is 2.79. The zero-order valence-electron chi connectivity index (χ0n) is 17.5. The van der Waals surface area contributed by atoms with Crippen LogP contribution in [0.1, 0.15) is 53.9 Å². The lowest BCUT2D eigenvalue weighted by atomic mass is 9.53. The third kappa shape index (κ3) is 2.84. The third-order valence-electron chi connectivity index (χ3n) is 6.87. The van der Waals surface area contributed by atoms with Gasteiger partial charge in [-0.3, -0.25) is 4.79 Å². The summed E-state index contributed by atoms with van der Waals surface area (Å²) < 4.78 is 5.47. The van der Waals surface area contributed by atoms with Crippen molar-refractivity contribution in [1.82, 2.24) is 0 Å². The van der Waals surface area contributed by atoms with Gasteiger partial charge in [-0.2, -0.15) is 0 Å². The molecular weight excluding hydrogens is 370 g/mol. The Bertz CT molecular complexity index is 1040. The van der Waals surface area contributed by atoms with Crippen LogP contribution in [0.15, 0.2) is 72.8 Å². The highest BCUT2D eigenvalue weighted by Crippen LogP contribution is 2.59. The first-order valence-corrected chi connectivity index (χ1v) is 10.9. The number of benzene rings is 3. The Balaban J connectivity index is 1.62. The van der Waals surface area contributed by atoms with Gasteiger partial charge < -0.3 is 10.1 Å². The summed E-state index contributed by atoms with van der Waals surface area (Å²) >= 11 is 0. The van der Waals surface area contributed by atoms with Crippen LogP contribution in [0.25, 0.3) is 0 Å². The van der Waals surface area contributed by atoms with E-state index in [2.05, 4.69) is 60.8 Å². The van der Waals surface area contributed by atoms with Gasteiger partial charge in [0.25, 0.3) is 0 Å². The Morgan fingerprint density at radius 1 is 0.833 bits per heavy atom. The van der Waals surface area contributed by atoms with E-state index in [1.807, 2.05) is 24.3 Å². The molecule has 0 aromatic heterocycles. The highest BCUT2D eigenvalue weighted by molar-refractivity contribution is 5.96. The van der Waals surface area contributed by atoms with Gasteiger partial charge in [-0.05, 0) is 46.7 Å². The van der Waals surface area contributed by atoms with Crippen molar-refractivity contribution in [2.45, 2.75) is 31.6 Å². The number of ether oxygens (including phenoxy) is 1. The predicted octanol–water partition coefficient (Wildman–Crippen LogP) is 5.96. The summed E-state index contributed by atoms with van der Waals surface area (Å²) in [4.78, 5) is 13.8. The van der Waals surface area contributed by atoms with Gasteiger partial charge in [-0.1, -0.05) is 74.0 Å². The molecule has 3 aliphatic carbocycles. The maximum absolute atomic E-state index is 13.8. The molecule has 3 aliphatic rings. The van der Waals surface area contributed by atoms with E-state index >= 15 is 0 Å². The molecular formula is C27H27NO2. The molecule has 2 atom stereocenters. The monoisotopic (exact) mass is 397 g/mol. The third-order valence-corrected chi connectivity index (χ3v) is 6.87. The second-order valence-electron chi connectivity index (χ2n) is 8.38. The minimum atomic E-state index is -0.0929. The van der Waals surface area contributed by atoms with Gasteiger partial charge in [0.15, 0.2) is 0 Å². The van der Waals surface area contributed by atoms with E-state index in [-0.39, 0.29) is 23.7 Å². The molecule has 3 aromatic rings. The fraction of sp³-hybridized carbons (Fsp3) is 0.296. The predicted molar refractivity (Wildman–Crippen MR) is 120 cm³/mol. The summed E-state index contributed by atoms with van der Waals surface area (Å²) in [6.45, 7) is 2.22. The van der Waals surface area contributed by atoms with E-state index in [1.165, 1.54) is 22.3 Å². The van der Waals surface area contributed by atoms with Crippen LogP contribution in [0.2, 0.25) is 0 Å². The first-order chi connectivity index (χ1) is 14.7. The number of methoxy groups -OCH3 is 1. The fourth-order valence-electron chi connectivity index (χ4n) is 5.78. The molecule has 0 aliphatic heterocycles. The van der Waals surface area contributed by atoms with Crippen molar-refractivity contribution in [2.24, 2.45) is 11.8 Å². The van der Waals surface area contributed by atoms with Gasteiger partial charge in [0.05, 0.1) is 18.7 Å². The molecule has 1 amide bonds. The molecule has 3 aromatic carbocycles. The number of nitrogens with one attached hydrogen (secondary N) is 1. The molecule has 0 radical (unpaired) electrons. The van der Waals surface area contributed by atoms with Gasteiger partial charge in [0.2, 0.25) is 5.91 Å². The van der Waals surface area contributed by atoms with E-state index in [4.69, 9.17) is 4.74 Å². The summed E-state index contributed by atoms with van der Waals surface area (Å²) in [6, 6.07) is 25.1. The molecule has 2 bridgehead atoms. The van der Waals surface area contributed by atoms with Crippen molar-refractivity contribution >= 4 is 11.6 Å². The quantitative estimate of drug-likeness (QED) is 0.577. The van der Waals surface area contributed by atoms with Crippen molar-refractivity contribution < 1.29 is 9.53 Å². The highest BCUT2D eigenvalue weighted by atomic mass is 16.5. The molecule has 6 rings (SSSR count). The van der Waals surface area contributed by atoms with Crippen molar-refractivity contribution in [1.29, 1.82) is 0 Å². The lowest BCUT2D eigenvalue weighted by Crippen LogP contribution is -2.45. The second-order valence-corrected chi connectivity index (χ2v) is 8.38.